The molecule has 1 aliphatic rings. The van der Waals surface area contributed by atoms with Crippen molar-refractivity contribution in [2.45, 2.75) is 31.8 Å². The van der Waals surface area contributed by atoms with Crippen molar-refractivity contribution >= 4 is 16.7 Å². The summed E-state index contributed by atoms with van der Waals surface area (Å²) in [5.74, 6) is 1.03. The van der Waals surface area contributed by atoms with Gasteiger partial charge in [0.15, 0.2) is 0 Å². The number of nitrogens with two attached hydrogens (primary N) is 1. The number of H-pyrrole nitrogens is 1. The zero-order valence-corrected chi connectivity index (χ0v) is 9.78. The summed E-state index contributed by atoms with van der Waals surface area (Å²) in [5.41, 5.74) is 8.52. The van der Waals surface area contributed by atoms with Crippen LogP contribution in [0, 0.1) is 0 Å². The van der Waals surface area contributed by atoms with E-state index < -0.39 is 0 Å². The molecule has 4 nitrogen and oxygen atoms in total. The second kappa shape index (κ2) is 4.37. The first-order chi connectivity index (χ1) is 8.31. The maximum absolute atomic E-state index is 5.74. The average molecular weight is 231 g/mol. The van der Waals surface area contributed by atoms with Crippen LogP contribution in [0.1, 0.15) is 25.1 Å². The second-order valence-electron chi connectivity index (χ2n) is 4.63. The fourth-order valence-corrected chi connectivity index (χ4v) is 2.37. The van der Waals surface area contributed by atoms with E-state index in [9.17, 15) is 0 Å². The van der Waals surface area contributed by atoms with E-state index in [0.717, 1.165) is 42.0 Å². The van der Waals surface area contributed by atoms with Gasteiger partial charge in [0.25, 0.3) is 0 Å². The van der Waals surface area contributed by atoms with E-state index in [1.807, 2.05) is 18.2 Å². The molecule has 90 valence electrons. The van der Waals surface area contributed by atoms with E-state index >= 15 is 0 Å². The molecule has 0 bridgehead atoms. The van der Waals surface area contributed by atoms with E-state index in [2.05, 4.69) is 9.97 Å². The molecule has 2 heterocycles. The highest BCUT2D eigenvalue weighted by molar-refractivity contribution is 5.78. The van der Waals surface area contributed by atoms with Crippen LogP contribution in [0.4, 0.5) is 5.69 Å². The third-order valence-electron chi connectivity index (χ3n) is 3.28. The van der Waals surface area contributed by atoms with Gasteiger partial charge in [0.05, 0.1) is 17.1 Å². The number of benzene rings is 1. The molecule has 3 N–H and O–H groups in total. The van der Waals surface area contributed by atoms with Crippen LogP contribution in [0.5, 0.6) is 0 Å². The predicted molar refractivity (Wildman–Crippen MR) is 67.8 cm³/mol. The van der Waals surface area contributed by atoms with Gasteiger partial charge in [-0.1, -0.05) is 0 Å². The Morgan fingerprint density at radius 2 is 2.41 bits per heavy atom. The van der Waals surface area contributed by atoms with Crippen LogP contribution in [0.2, 0.25) is 0 Å². The van der Waals surface area contributed by atoms with Gasteiger partial charge in [0, 0.05) is 18.7 Å². The summed E-state index contributed by atoms with van der Waals surface area (Å²) in [6.07, 6.45) is 4.80. The Kier molecular flexibility index (Phi) is 2.73. The van der Waals surface area contributed by atoms with Crippen LogP contribution in [-0.2, 0) is 11.2 Å². The number of ether oxygens (including phenoxy) is 1. The van der Waals surface area contributed by atoms with E-state index in [0.29, 0.717) is 6.10 Å². The van der Waals surface area contributed by atoms with Crippen molar-refractivity contribution in [1.29, 1.82) is 0 Å². The lowest BCUT2D eigenvalue weighted by Crippen LogP contribution is -2.06. The molecular formula is C13H17N3O. The Bertz CT molecular complexity index is 514. The smallest absolute Gasteiger partial charge is 0.107 e. The molecule has 1 saturated heterocycles. The zero-order valence-electron chi connectivity index (χ0n) is 9.78. The van der Waals surface area contributed by atoms with Gasteiger partial charge in [-0.05, 0) is 37.5 Å². The number of imidazole rings is 1. The van der Waals surface area contributed by atoms with Gasteiger partial charge in [-0.2, -0.15) is 0 Å². The second-order valence-corrected chi connectivity index (χ2v) is 4.63. The average Bonchev–Trinajstić information content (AvgIpc) is 2.94. The first-order valence-corrected chi connectivity index (χ1v) is 6.17. The first-order valence-electron chi connectivity index (χ1n) is 6.17. The van der Waals surface area contributed by atoms with Crippen LogP contribution in [0.3, 0.4) is 0 Å². The number of aromatic amines is 1. The lowest BCUT2D eigenvalue weighted by Gasteiger charge is -2.06. The molecule has 17 heavy (non-hydrogen) atoms. The van der Waals surface area contributed by atoms with Crippen LogP contribution < -0.4 is 5.73 Å². The molecular weight excluding hydrogens is 214 g/mol. The van der Waals surface area contributed by atoms with Gasteiger partial charge < -0.3 is 15.5 Å². The third kappa shape index (κ3) is 2.26. The molecule has 0 saturated carbocycles. The molecule has 1 aromatic heterocycles. The highest BCUT2D eigenvalue weighted by Crippen LogP contribution is 2.19. The molecule has 1 aliphatic heterocycles. The summed E-state index contributed by atoms with van der Waals surface area (Å²) in [4.78, 5) is 7.86. The Balaban J connectivity index is 1.72. The minimum atomic E-state index is 0.424. The molecule has 3 rings (SSSR count). The molecule has 1 atom stereocenters. The summed E-state index contributed by atoms with van der Waals surface area (Å²) >= 11 is 0. The number of nitrogens with one attached hydrogen (secondary N) is 1. The maximum Gasteiger partial charge on any atom is 0.107 e. The van der Waals surface area contributed by atoms with Crippen molar-refractivity contribution in [3.05, 3.63) is 24.0 Å². The summed E-state index contributed by atoms with van der Waals surface area (Å²) in [7, 11) is 0. The van der Waals surface area contributed by atoms with E-state index in [1.165, 1.54) is 12.8 Å². The minimum Gasteiger partial charge on any atom is -0.399 e. The van der Waals surface area contributed by atoms with Crippen LogP contribution in [0.25, 0.3) is 11.0 Å². The summed E-state index contributed by atoms with van der Waals surface area (Å²) in [6.45, 7) is 0.918. The highest BCUT2D eigenvalue weighted by atomic mass is 16.5. The Morgan fingerprint density at radius 1 is 1.47 bits per heavy atom. The lowest BCUT2D eigenvalue weighted by atomic mass is 10.1. The molecule has 0 aliphatic carbocycles. The SMILES string of the molecule is Nc1ccc2nc(CCC3CCCO3)[nH]c2c1. The molecule has 2 aromatic rings. The Morgan fingerprint density at radius 3 is 3.24 bits per heavy atom. The van der Waals surface area contributed by atoms with Crippen LogP contribution in [0.15, 0.2) is 18.2 Å². The molecule has 0 spiro atoms. The summed E-state index contributed by atoms with van der Waals surface area (Å²) in [6, 6.07) is 5.77. The maximum atomic E-state index is 5.74. The summed E-state index contributed by atoms with van der Waals surface area (Å²) in [5, 5.41) is 0. The van der Waals surface area contributed by atoms with Crippen molar-refractivity contribution in [2.75, 3.05) is 12.3 Å². The molecule has 4 heteroatoms. The van der Waals surface area contributed by atoms with Crippen molar-refractivity contribution < 1.29 is 4.74 Å². The number of nitrogens with zero attached hydrogens (tertiary/aromatic N) is 1. The minimum absolute atomic E-state index is 0.424. The van der Waals surface area contributed by atoms with Gasteiger partial charge in [-0.15, -0.1) is 0 Å². The number of nitrogen functional groups attached to an aromatic ring is 1. The fraction of sp³-hybridized carbons (Fsp3) is 0.462. The quantitative estimate of drug-likeness (QED) is 0.796. The van der Waals surface area contributed by atoms with Crippen molar-refractivity contribution in [3.8, 4) is 0 Å². The number of hydrogen-bond acceptors (Lipinski definition) is 3. The van der Waals surface area contributed by atoms with Gasteiger partial charge in [-0.25, -0.2) is 4.98 Å². The van der Waals surface area contributed by atoms with Gasteiger partial charge in [0.1, 0.15) is 5.82 Å². The van der Waals surface area contributed by atoms with Crippen molar-refractivity contribution in [1.82, 2.24) is 9.97 Å². The lowest BCUT2D eigenvalue weighted by molar-refractivity contribution is 0.104. The standard InChI is InChI=1S/C13H17N3O/c14-9-3-5-11-12(8-9)16-13(15-11)6-4-10-2-1-7-17-10/h3,5,8,10H,1-2,4,6-7,14H2,(H,15,16). The first kappa shape index (κ1) is 10.6. The largest absolute Gasteiger partial charge is 0.399 e. The molecule has 0 radical (unpaired) electrons. The topological polar surface area (TPSA) is 63.9 Å². The molecule has 1 unspecified atom stereocenters. The molecule has 1 fully saturated rings. The van der Waals surface area contributed by atoms with E-state index in [-0.39, 0.29) is 0 Å². The number of fused-ring (bicyclic) bond motifs is 1. The number of aryl methyl sites for hydroxylation is 1. The van der Waals surface area contributed by atoms with E-state index in [1.54, 1.807) is 0 Å². The highest BCUT2D eigenvalue weighted by Gasteiger charge is 2.15. The number of anilines is 1. The van der Waals surface area contributed by atoms with Crippen LogP contribution >= 0.6 is 0 Å². The zero-order chi connectivity index (χ0) is 11.7. The van der Waals surface area contributed by atoms with Crippen LogP contribution in [-0.4, -0.2) is 22.7 Å². The van der Waals surface area contributed by atoms with E-state index in [4.69, 9.17) is 10.5 Å². The normalized spacial score (nSPS) is 20.1. The number of hydrogen-bond donors (Lipinski definition) is 2. The number of rotatable bonds is 3. The Hall–Kier alpha value is -1.55. The summed E-state index contributed by atoms with van der Waals surface area (Å²) < 4.78 is 5.61. The molecule has 1 aromatic carbocycles. The molecule has 0 amide bonds. The fourth-order valence-electron chi connectivity index (χ4n) is 2.37. The number of aromatic nitrogens is 2. The predicted octanol–water partition coefficient (Wildman–Crippen LogP) is 2.26. The van der Waals surface area contributed by atoms with Gasteiger partial charge >= 0.3 is 0 Å². The van der Waals surface area contributed by atoms with Gasteiger partial charge in [-0.3, -0.25) is 0 Å². The monoisotopic (exact) mass is 231 g/mol. The van der Waals surface area contributed by atoms with Crippen molar-refractivity contribution in [2.24, 2.45) is 0 Å². The van der Waals surface area contributed by atoms with Gasteiger partial charge in [0.2, 0.25) is 0 Å². The Labute approximate surface area is 100 Å². The third-order valence-corrected chi connectivity index (χ3v) is 3.28. The van der Waals surface area contributed by atoms with Crippen molar-refractivity contribution in [3.63, 3.8) is 0 Å².